The molecule has 0 spiro atoms. The van der Waals surface area contributed by atoms with Crippen LogP contribution in [0.1, 0.15) is 58.8 Å². The first-order valence-electron chi connectivity index (χ1n) is 8.40. The summed E-state index contributed by atoms with van der Waals surface area (Å²) in [5.41, 5.74) is 2.11. The number of amides is 2. The molecule has 0 aliphatic heterocycles. The van der Waals surface area contributed by atoms with Crippen molar-refractivity contribution in [3.05, 3.63) is 24.1 Å². The highest BCUT2D eigenvalue weighted by Gasteiger charge is 2.21. The van der Waals surface area contributed by atoms with E-state index in [-0.39, 0.29) is 11.4 Å². The van der Waals surface area contributed by atoms with Gasteiger partial charge in [-0.15, -0.1) is 0 Å². The molecule has 124 valence electrons. The van der Waals surface area contributed by atoms with E-state index in [1.807, 2.05) is 18.2 Å². The van der Waals surface area contributed by atoms with Gasteiger partial charge in [-0.3, -0.25) is 0 Å². The van der Waals surface area contributed by atoms with Crippen LogP contribution in [0.2, 0.25) is 0 Å². The van der Waals surface area contributed by atoms with Crippen molar-refractivity contribution in [2.45, 2.75) is 64.3 Å². The number of rotatable bonds is 2. The molecule has 1 aliphatic rings. The monoisotopic (exact) mass is 315 g/mol. The second kappa shape index (κ2) is 6.22. The third-order valence-corrected chi connectivity index (χ3v) is 4.23. The maximum Gasteiger partial charge on any atom is 0.319 e. The molecule has 2 N–H and O–H groups in total. The summed E-state index contributed by atoms with van der Waals surface area (Å²) in [5.74, 6) is 0.705. The fourth-order valence-electron chi connectivity index (χ4n) is 2.93. The number of nitrogens with one attached hydrogen (secondary N) is 2. The molecule has 1 fully saturated rings. The van der Waals surface area contributed by atoms with Crippen LogP contribution in [0, 0.1) is 0 Å². The lowest BCUT2D eigenvalue weighted by Crippen LogP contribution is -2.38. The van der Waals surface area contributed by atoms with Crippen LogP contribution in [-0.2, 0) is 5.41 Å². The number of urea groups is 1. The van der Waals surface area contributed by atoms with E-state index in [0.717, 1.165) is 29.6 Å². The van der Waals surface area contributed by atoms with Crippen molar-refractivity contribution in [2.75, 3.05) is 5.32 Å². The van der Waals surface area contributed by atoms with Gasteiger partial charge in [-0.1, -0.05) is 40.0 Å². The summed E-state index contributed by atoms with van der Waals surface area (Å²) < 4.78 is 5.77. The van der Waals surface area contributed by atoms with Crippen molar-refractivity contribution >= 4 is 22.8 Å². The lowest BCUT2D eigenvalue weighted by Gasteiger charge is -2.22. The van der Waals surface area contributed by atoms with Gasteiger partial charge >= 0.3 is 6.03 Å². The Balaban J connectivity index is 1.69. The van der Waals surface area contributed by atoms with Gasteiger partial charge in [-0.05, 0) is 31.0 Å². The van der Waals surface area contributed by atoms with Crippen molar-refractivity contribution in [3.63, 3.8) is 0 Å². The Morgan fingerprint density at radius 2 is 1.96 bits per heavy atom. The first kappa shape index (κ1) is 15.8. The predicted octanol–water partition coefficient (Wildman–Crippen LogP) is 4.58. The quantitative estimate of drug-likeness (QED) is 0.852. The first-order chi connectivity index (χ1) is 10.9. The molecule has 3 rings (SSSR count). The minimum absolute atomic E-state index is 0.134. The summed E-state index contributed by atoms with van der Waals surface area (Å²) in [7, 11) is 0. The van der Waals surface area contributed by atoms with Gasteiger partial charge in [0.15, 0.2) is 5.58 Å². The number of nitrogens with zero attached hydrogens (tertiary/aromatic N) is 1. The van der Waals surface area contributed by atoms with E-state index in [1.54, 1.807) is 0 Å². The second-order valence-corrected chi connectivity index (χ2v) is 7.38. The minimum Gasteiger partial charge on any atom is -0.440 e. The summed E-state index contributed by atoms with van der Waals surface area (Å²) in [6, 6.07) is 5.71. The first-order valence-corrected chi connectivity index (χ1v) is 8.40. The highest BCUT2D eigenvalue weighted by atomic mass is 16.3. The lowest BCUT2D eigenvalue weighted by atomic mass is 9.96. The molecule has 0 atom stereocenters. The summed E-state index contributed by atoms with van der Waals surface area (Å²) in [6.07, 6.45) is 5.82. The SMILES string of the molecule is CC(C)(C)c1nc2cc(NC(=O)NC3CCCCC3)ccc2o1. The Morgan fingerprint density at radius 3 is 2.65 bits per heavy atom. The highest BCUT2D eigenvalue weighted by molar-refractivity contribution is 5.91. The number of aromatic nitrogens is 1. The van der Waals surface area contributed by atoms with E-state index in [1.165, 1.54) is 19.3 Å². The van der Waals surface area contributed by atoms with Gasteiger partial charge in [-0.2, -0.15) is 0 Å². The van der Waals surface area contributed by atoms with E-state index in [9.17, 15) is 4.79 Å². The third-order valence-electron chi connectivity index (χ3n) is 4.23. The molecule has 1 aromatic carbocycles. The van der Waals surface area contributed by atoms with Crippen LogP contribution >= 0.6 is 0 Å². The summed E-state index contributed by atoms with van der Waals surface area (Å²) in [5, 5.41) is 5.95. The number of benzene rings is 1. The van der Waals surface area contributed by atoms with E-state index < -0.39 is 0 Å². The zero-order valence-corrected chi connectivity index (χ0v) is 14.1. The predicted molar refractivity (Wildman–Crippen MR) is 91.7 cm³/mol. The van der Waals surface area contributed by atoms with E-state index in [4.69, 9.17) is 4.42 Å². The smallest absolute Gasteiger partial charge is 0.319 e. The Hall–Kier alpha value is -2.04. The Morgan fingerprint density at radius 1 is 1.22 bits per heavy atom. The summed E-state index contributed by atoms with van der Waals surface area (Å²) >= 11 is 0. The van der Waals surface area contributed by atoms with Gasteiger partial charge in [0.05, 0.1) is 0 Å². The number of anilines is 1. The maximum atomic E-state index is 12.1. The number of carbonyl (C=O) groups excluding carboxylic acids is 1. The Bertz CT molecular complexity index is 694. The zero-order chi connectivity index (χ0) is 16.4. The molecule has 0 radical (unpaired) electrons. The van der Waals surface area contributed by atoms with E-state index in [2.05, 4.69) is 36.4 Å². The molecule has 1 aromatic heterocycles. The fraction of sp³-hybridized carbons (Fsp3) is 0.556. The zero-order valence-electron chi connectivity index (χ0n) is 14.1. The molecule has 0 unspecified atom stereocenters. The molecule has 0 bridgehead atoms. The van der Waals surface area contributed by atoms with Crippen molar-refractivity contribution in [1.29, 1.82) is 0 Å². The molecule has 2 amide bonds. The van der Waals surface area contributed by atoms with Crippen LogP contribution in [-0.4, -0.2) is 17.1 Å². The minimum atomic E-state index is -0.143. The average Bonchev–Trinajstić information content (AvgIpc) is 2.91. The highest BCUT2D eigenvalue weighted by Crippen LogP contribution is 2.27. The van der Waals surface area contributed by atoms with Crippen LogP contribution in [0.4, 0.5) is 10.5 Å². The molecular weight excluding hydrogens is 290 g/mol. The second-order valence-electron chi connectivity index (χ2n) is 7.38. The summed E-state index contributed by atoms with van der Waals surface area (Å²) in [4.78, 5) is 16.6. The van der Waals surface area contributed by atoms with Gasteiger partial charge in [0.25, 0.3) is 0 Å². The molecule has 1 saturated carbocycles. The molecule has 1 heterocycles. The van der Waals surface area contributed by atoms with Crippen LogP contribution in [0.15, 0.2) is 22.6 Å². The van der Waals surface area contributed by atoms with Crippen molar-refractivity contribution in [1.82, 2.24) is 10.3 Å². The van der Waals surface area contributed by atoms with Gasteiger partial charge in [-0.25, -0.2) is 9.78 Å². The van der Waals surface area contributed by atoms with Crippen LogP contribution in [0.5, 0.6) is 0 Å². The number of carbonyl (C=O) groups is 1. The van der Waals surface area contributed by atoms with E-state index >= 15 is 0 Å². The Labute approximate surface area is 136 Å². The summed E-state index contributed by atoms with van der Waals surface area (Å²) in [6.45, 7) is 6.19. The van der Waals surface area contributed by atoms with Gasteiger partial charge in [0, 0.05) is 17.1 Å². The topological polar surface area (TPSA) is 67.2 Å². The maximum absolute atomic E-state index is 12.1. The molecule has 5 nitrogen and oxygen atoms in total. The third kappa shape index (κ3) is 3.84. The molecule has 2 aromatic rings. The molecule has 0 saturated heterocycles. The van der Waals surface area contributed by atoms with Gasteiger partial charge < -0.3 is 15.1 Å². The van der Waals surface area contributed by atoms with Crippen LogP contribution in [0.3, 0.4) is 0 Å². The van der Waals surface area contributed by atoms with E-state index in [0.29, 0.717) is 11.9 Å². The molecule has 1 aliphatic carbocycles. The molecule has 5 heteroatoms. The molecular formula is C18H25N3O2. The van der Waals surface area contributed by atoms with Crippen molar-refractivity contribution in [3.8, 4) is 0 Å². The average molecular weight is 315 g/mol. The number of oxazole rings is 1. The van der Waals surface area contributed by atoms with Crippen LogP contribution < -0.4 is 10.6 Å². The number of hydrogen-bond acceptors (Lipinski definition) is 3. The fourth-order valence-corrected chi connectivity index (χ4v) is 2.93. The molecule has 23 heavy (non-hydrogen) atoms. The van der Waals surface area contributed by atoms with Gasteiger partial charge in [0.1, 0.15) is 5.52 Å². The van der Waals surface area contributed by atoms with Crippen LogP contribution in [0.25, 0.3) is 11.1 Å². The van der Waals surface area contributed by atoms with Gasteiger partial charge in [0.2, 0.25) is 5.89 Å². The number of hydrogen-bond donors (Lipinski definition) is 2. The normalized spacial score (nSPS) is 16.5. The Kier molecular flexibility index (Phi) is 4.28. The largest absolute Gasteiger partial charge is 0.440 e. The standard InChI is InChI=1S/C18H25N3O2/c1-18(2,3)16-21-14-11-13(9-10-15(14)23-16)20-17(22)19-12-7-5-4-6-8-12/h9-12H,4-8H2,1-3H3,(H2,19,20,22). The number of fused-ring (bicyclic) bond motifs is 1. The lowest BCUT2D eigenvalue weighted by molar-refractivity contribution is 0.244. The van der Waals surface area contributed by atoms with Crippen molar-refractivity contribution in [2.24, 2.45) is 0 Å². The van der Waals surface area contributed by atoms with Crippen molar-refractivity contribution < 1.29 is 9.21 Å².